The second kappa shape index (κ2) is 5.91. The van der Waals surface area contributed by atoms with Crippen LogP contribution in [0.25, 0.3) is 0 Å². The number of nitrogen functional groups attached to an aromatic ring is 1. The highest BCUT2D eigenvalue weighted by Gasteiger charge is 2.17. The first-order chi connectivity index (χ1) is 8.01. The van der Waals surface area contributed by atoms with Crippen molar-refractivity contribution in [2.75, 3.05) is 30.8 Å². The van der Waals surface area contributed by atoms with Gasteiger partial charge in [-0.05, 0) is 32.0 Å². The van der Waals surface area contributed by atoms with Crippen LogP contribution in [-0.2, 0) is 0 Å². The molecule has 0 heterocycles. The first-order valence-electron chi connectivity index (χ1n) is 5.58. The van der Waals surface area contributed by atoms with Crippen LogP contribution in [0.3, 0.4) is 0 Å². The number of nitrogens with two attached hydrogens (primary N) is 1. The van der Waals surface area contributed by atoms with E-state index < -0.39 is 0 Å². The molecule has 0 aliphatic carbocycles. The largest absolute Gasteiger partial charge is 0.397 e. The van der Waals surface area contributed by atoms with Crippen molar-refractivity contribution in [2.24, 2.45) is 0 Å². The second-order valence-electron chi connectivity index (χ2n) is 3.72. The fourth-order valence-electron chi connectivity index (χ4n) is 1.64. The van der Waals surface area contributed by atoms with Gasteiger partial charge < -0.3 is 10.6 Å². The maximum Gasteiger partial charge on any atom is 0.324 e. The molecule has 2 N–H and O–H groups in total. The second-order valence-corrected chi connectivity index (χ2v) is 4.63. The van der Waals surface area contributed by atoms with E-state index >= 15 is 0 Å². The van der Waals surface area contributed by atoms with Gasteiger partial charge in [-0.15, -0.1) is 0 Å². The molecule has 0 aliphatic heterocycles. The third-order valence-corrected chi connectivity index (χ3v) is 3.17. The Balaban J connectivity index is 2.95. The summed E-state index contributed by atoms with van der Waals surface area (Å²) in [6.07, 6.45) is 0. The van der Waals surface area contributed by atoms with Crippen LogP contribution in [-0.4, -0.2) is 31.1 Å². The fourth-order valence-corrected chi connectivity index (χ4v) is 2.02. The first kappa shape index (κ1) is 13.8. The lowest BCUT2D eigenvalue weighted by atomic mass is 10.2. The number of rotatable bonds is 3. The van der Waals surface area contributed by atoms with Crippen LogP contribution in [0.4, 0.5) is 16.2 Å². The van der Waals surface area contributed by atoms with Gasteiger partial charge in [-0.3, -0.25) is 4.90 Å². The molecule has 1 rings (SSSR count). The number of urea groups is 1. The molecule has 0 aromatic heterocycles. The standard InChI is InChI=1S/C12H18BrN3O/c1-4-16(5-2)12(17)15(3)11-7-6-9(13)8-10(11)14/h6-8H,4-5,14H2,1-3H3. The first-order valence-corrected chi connectivity index (χ1v) is 6.38. The molecule has 0 bridgehead atoms. The zero-order valence-electron chi connectivity index (χ0n) is 10.4. The summed E-state index contributed by atoms with van der Waals surface area (Å²) in [5.41, 5.74) is 7.21. The normalized spacial score (nSPS) is 10.1. The third-order valence-electron chi connectivity index (χ3n) is 2.67. The van der Waals surface area contributed by atoms with Gasteiger partial charge >= 0.3 is 6.03 Å². The van der Waals surface area contributed by atoms with Gasteiger partial charge in [-0.2, -0.15) is 0 Å². The average Bonchev–Trinajstić information content (AvgIpc) is 2.29. The van der Waals surface area contributed by atoms with Crippen molar-refractivity contribution >= 4 is 33.3 Å². The molecule has 1 aromatic rings. The van der Waals surface area contributed by atoms with Gasteiger partial charge in [-0.25, -0.2) is 4.79 Å². The number of carbonyl (C=O) groups is 1. The van der Waals surface area contributed by atoms with Gasteiger partial charge in [0.15, 0.2) is 0 Å². The van der Waals surface area contributed by atoms with Gasteiger partial charge in [0.05, 0.1) is 11.4 Å². The van der Waals surface area contributed by atoms with Crippen LogP contribution in [0.15, 0.2) is 22.7 Å². The molecule has 0 saturated heterocycles. The maximum atomic E-state index is 12.1. The van der Waals surface area contributed by atoms with Crippen LogP contribution in [0.1, 0.15) is 13.8 Å². The fraction of sp³-hybridized carbons (Fsp3) is 0.417. The number of halogens is 1. The molecule has 5 heteroatoms. The Hall–Kier alpha value is -1.23. The van der Waals surface area contributed by atoms with Crippen LogP contribution in [0.5, 0.6) is 0 Å². The van der Waals surface area contributed by atoms with Crippen LogP contribution in [0, 0.1) is 0 Å². The van der Waals surface area contributed by atoms with Gasteiger partial charge in [0.25, 0.3) is 0 Å². The summed E-state index contributed by atoms with van der Waals surface area (Å²) in [5, 5.41) is 0. The molecular weight excluding hydrogens is 282 g/mol. The summed E-state index contributed by atoms with van der Waals surface area (Å²) < 4.78 is 0.905. The third kappa shape index (κ3) is 3.12. The van der Waals surface area contributed by atoms with Crippen molar-refractivity contribution in [2.45, 2.75) is 13.8 Å². The van der Waals surface area contributed by atoms with E-state index in [0.29, 0.717) is 18.8 Å². The number of anilines is 2. The Morgan fingerprint density at radius 2 is 1.94 bits per heavy atom. The Kier molecular flexibility index (Phi) is 4.81. The topological polar surface area (TPSA) is 49.6 Å². The predicted molar refractivity (Wildman–Crippen MR) is 75.3 cm³/mol. The minimum atomic E-state index is -0.0379. The van der Waals surface area contributed by atoms with E-state index in [-0.39, 0.29) is 6.03 Å². The van der Waals surface area contributed by atoms with Crippen LogP contribution < -0.4 is 10.6 Å². The number of hydrogen-bond donors (Lipinski definition) is 1. The summed E-state index contributed by atoms with van der Waals surface area (Å²) in [5.74, 6) is 0. The van der Waals surface area contributed by atoms with E-state index in [9.17, 15) is 4.79 Å². The lowest BCUT2D eigenvalue weighted by Crippen LogP contribution is -2.41. The lowest BCUT2D eigenvalue weighted by molar-refractivity contribution is 0.211. The van der Waals surface area contributed by atoms with E-state index in [0.717, 1.165) is 10.2 Å². The van der Waals surface area contributed by atoms with Crippen molar-refractivity contribution in [3.63, 3.8) is 0 Å². The van der Waals surface area contributed by atoms with E-state index in [1.807, 2.05) is 26.0 Å². The van der Waals surface area contributed by atoms with Crippen molar-refractivity contribution in [1.82, 2.24) is 4.90 Å². The predicted octanol–water partition coefficient (Wildman–Crippen LogP) is 2.93. The summed E-state index contributed by atoms with van der Waals surface area (Å²) in [6, 6.07) is 5.46. The van der Waals surface area contributed by atoms with Gasteiger partial charge in [0.1, 0.15) is 0 Å². The highest BCUT2D eigenvalue weighted by Crippen LogP contribution is 2.26. The quantitative estimate of drug-likeness (QED) is 0.873. The highest BCUT2D eigenvalue weighted by molar-refractivity contribution is 9.10. The molecule has 0 fully saturated rings. The van der Waals surface area contributed by atoms with E-state index in [4.69, 9.17) is 5.73 Å². The lowest BCUT2D eigenvalue weighted by Gasteiger charge is -2.27. The zero-order chi connectivity index (χ0) is 13.0. The van der Waals surface area contributed by atoms with Crippen molar-refractivity contribution in [1.29, 1.82) is 0 Å². The molecule has 0 saturated carbocycles. The van der Waals surface area contributed by atoms with Gasteiger partial charge in [0, 0.05) is 24.6 Å². The Morgan fingerprint density at radius 1 is 1.35 bits per heavy atom. The summed E-state index contributed by atoms with van der Waals surface area (Å²) >= 11 is 3.34. The van der Waals surface area contributed by atoms with E-state index in [1.165, 1.54) is 0 Å². The van der Waals surface area contributed by atoms with Crippen molar-refractivity contribution in [3.05, 3.63) is 22.7 Å². The molecule has 0 unspecified atom stereocenters. The molecule has 0 radical (unpaired) electrons. The van der Waals surface area contributed by atoms with Crippen LogP contribution >= 0.6 is 15.9 Å². The number of amides is 2. The average molecular weight is 300 g/mol. The molecule has 1 aromatic carbocycles. The Morgan fingerprint density at radius 3 is 2.41 bits per heavy atom. The summed E-state index contributed by atoms with van der Waals surface area (Å²) in [6.45, 7) is 5.30. The highest BCUT2D eigenvalue weighted by atomic mass is 79.9. The smallest absolute Gasteiger partial charge is 0.324 e. The molecule has 0 spiro atoms. The minimum absolute atomic E-state index is 0.0379. The maximum absolute atomic E-state index is 12.1. The van der Waals surface area contributed by atoms with Crippen molar-refractivity contribution < 1.29 is 4.79 Å². The molecule has 0 aliphatic rings. The Bertz CT molecular complexity index is 405. The number of nitrogens with zero attached hydrogens (tertiary/aromatic N) is 2. The molecule has 94 valence electrons. The molecule has 4 nitrogen and oxygen atoms in total. The van der Waals surface area contributed by atoms with Gasteiger partial charge in [0.2, 0.25) is 0 Å². The monoisotopic (exact) mass is 299 g/mol. The number of hydrogen-bond acceptors (Lipinski definition) is 2. The van der Waals surface area contributed by atoms with Gasteiger partial charge in [-0.1, -0.05) is 15.9 Å². The van der Waals surface area contributed by atoms with Crippen LogP contribution in [0.2, 0.25) is 0 Å². The summed E-state index contributed by atoms with van der Waals surface area (Å²) in [4.78, 5) is 15.5. The Labute approximate surface area is 111 Å². The number of benzene rings is 1. The zero-order valence-corrected chi connectivity index (χ0v) is 12.0. The minimum Gasteiger partial charge on any atom is -0.397 e. The molecular formula is C12H18BrN3O. The SMILES string of the molecule is CCN(CC)C(=O)N(C)c1ccc(Br)cc1N. The molecule has 2 amide bonds. The molecule has 0 atom stereocenters. The van der Waals surface area contributed by atoms with E-state index in [1.54, 1.807) is 22.9 Å². The van der Waals surface area contributed by atoms with Crippen molar-refractivity contribution in [3.8, 4) is 0 Å². The van der Waals surface area contributed by atoms with E-state index in [2.05, 4.69) is 15.9 Å². The number of carbonyl (C=O) groups excluding carboxylic acids is 1. The molecule has 17 heavy (non-hydrogen) atoms. The summed E-state index contributed by atoms with van der Waals surface area (Å²) in [7, 11) is 1.74.